The summed E-state index contributed by atoms with van der Waals surface area (Å²) in [4.78, 5) is 31.1. The third-order valence-electron chi connectivity index (χ3n) is 7.75. The number of amides is 1. The van der Waals surface area contributed by atoms with Gasteiger partial charge in [0.2, 0.25) is 0 Å². The van der Waals surface area contributed by atoms with Gasteiger partial charge < -0.3 is 14.9 Å². The van der Waals surface area contributed by atoms with E-state index in [1.807, 2.05) is 36.7 Å². The summed E-state index contributed by atoms with van der Waals surface area (Å²) in [6.07, 6.45) is 12.0. The number of likely N-dealkylation sites (tertiary alicyclic amines) is 1. The number of pyridine rings is 2. The molecule has 7 heteroatoms. The van der Waals surface area contributed by atoms with Crippen molar-refractivity contribution in [1.82, 2.24) is 14.9 Å². The molecule has 1 saturated carbocycles. The summed E-state index contributed by atoms with van der Waals surface area (Å²) >= 11 is 0. The number of nitrogens with zero attached hydrogens (tertiary/aromatic N) is 5. The summed E-state index contributed by atoms with van der Waals surface area (Å²) in [6, 6.07) is 9.75. The number of rotatable bonds is 7. The lowest BCUT2D eigenvalue weighted by Gasteiger charge is -2.32. The number of hydrogen-bond acceptors (Lipinski definition) is 6. The van der Waals surface area contributed by atoms with Crippen LogP contribution in [0, 0.1) is 11.8 Å². The highest BCUT2D eigenvalue weighted by Gasteiger charge is 2.41. The van der Waals surface area contributed by atoms with Crippen molar-refractivity contribution in [2.75, 3.05) is 37.6 Å². The van der Waals surface area contributed by atoms with Crippen LogP contribution in [0.2, 0.25) is 0 Å². The largest absolute Gasteiger partial charge is 0.383 e. The second kappa shape index (κ2) is 10.3. The molecule has 1 amide bonds. The second-order valence-electron chi connectivity index (χ2n) is 10.2. The Hall–Kier alpha value is -3.06. The van der Waals surface area contributed by atoms with E-state index in [2.05, 4.69) is 27.9 Å². The first kappa shape index (κ1) is 23.7. The van der Waals surface area contributed by atoms with E-state index in [9.17, 15) is 9.90 Å². The van der Waals surface area contributed by atoms with Gasteiger partial charge in [0.25, 0.3) is 5.91 Å². The van der Waals surface area contributed by atoms with Gasteiger partial charge in [0, 0.05) is 56.5 Å². The van der Waals surface area contributed by atoms with Crippen molar-refractivity contribution in [2.45, 2.75) is 44.6 Å². The Morgan fingerprint density at radius 3 is 2.66 bits per heavy atom. The molecule has 2 aliphatic heterocycles. The number of carbonyl (C=O) groups is 1. The smallest absolute Gasteiger partial charge is 0.255 e. The molecule has 7 nitrogen and oxygen atoms in total. The van der Waals surface area contributed by atoms with Gasteiger partial charge in [-0.1, -0.05) is 17.7 Å². The van der Waals surface area contributed by atoms with Crippen LogP contribution >= 0.6 is 0 Å². The van der Waals surface area contributed by atoms with Gasteiger partial charge in [-0.2, -0.15) is 0 Å². The minimum atomic E-state index is -1.04. The van der Waals surface area contributed by atoms with Gasteiger partial charge in [0.05, 0.1) is 12.1 Å². The van der Waals surface area contributed by atoms with Gasteiger partial charge in [-0.3, -0.25) is 14.8 Å². The number of carbonyl (C=O) groups excluding carboxylic acids is 1. The maximum atomic E-state index is 13.6. The summed E-state index contributed by atoms with van der Waals surface area (Å²) < 4.78 is 0. The molecule has 0 radical (unpaired) electrons. The average Bonchev–Trinajstić information content (AvgIpc) is 3.68. The van der Waals surface area contributed by atoms with Gasteiger partial charge in [0.15, 0.2) is 0 Å². The zero-order valence-corrected chi connectivity index (χ0v) is 20.5. The van der Waals surface area contributed by atoms with Crippen molar-refractivity contribution in [3.05, 3.63) is 65.6 Å². The Morgan fingerprint density at radius 1 is 1.14 bits per heavy atom. The lowest BCUT2D eigenvalue weighted by molar-refractivity contribution is -0.126. The van der Waals surface area contributed by atoms with E-state index in [1.165, 1.54) is 0 Å². The first-order valence-electron chi connectivity index (χ1n) is 12.8. The van der Waals surface area contributed by atoms with E-state index in [1.54, 1.807) is 17.3 Å². The summed E-state index contributed by atoms with van der Waals surface area (Å²) in [5, 5.41) is 11.2. The average molecular weight is 474 g/mol. The monoisotopic (exact) mass is 473 g/mol. The van der Waals surface area contributed by atoms with Crippen LogP contribution in [0.25, 0.3) is 0 Å². The Morgan fingerprint density at radius 2 is 1.97 bits per heavy atom. The lowest BCUT2D eigenvalue weighted by Crippen LogP contribution is -2.36. The number of hydrogen-bond donors (Lipinski definition) is 1. The minimum Gasteiger partial charge on any atom is -0.383 e. The highest BCUT2D eigenvalue weighted by atomic mass is 16.3. The van der Waals surface area contributed by atoms with Crippen molar-refractivity contribution in [3.63, 3.8) is 0 Å². The van der Waals surface area contributed by atoms with Gasteiger partial charge in [-0.15, -0.1) is 0 Å². The van der Waals surface area contributed by atoms with E-state index in [0.717, 1.165) is 62.3 Å². The maximum absolute atomic E-state index is 13.6. The summed E-state index contributed by atoms with van der Waals surface area (Å²) in [6.45, 7) is 5.61. The normalized spacial score (nSPS) is 24.2. The molecular formula is C28H35N5O2. The molecule has 2 aromatic heterocycles. The predicted octanol–water partition coefficient (Wildman–Crippen LogP) is 3.61. The van der Waals surface area contributed by atoms with Crippen LogP contribution in [0.5, 0.6) is 0 Å². The van der Waals surface area contributed by atoms with Crippen molar-refractivity contribution >= 4 is 17.9 Å². The Labute approximate surface area is 207 Å². The van der Waals surface area contributed by atoms with Crippen molar-refractivity contribution < 1.29 is 9.90 Å². The number of aliphatic imine (C=N–C) groups is 1. The number of allylic oxidation sites excluding steroid dienone is 1. The van der Waals surface area contributed by atoms with Gasteiger partial charge in [0.1, 0.15) is 11.4 Å². The quantitative estimate of drug-likeness (QED) is 0.491. The molecule has 1 unspecified atom stereocenters. The molecule has 5 rings (SSSR count). The zero-order valence-electron chi connectivity index (χ0n) is 20.5. The number of β-amino-alcohol motifs (C(OH)–C–C–N with tert-alkyl or cyclic N) is 1. The van der Waals surface area contributed by atoms with Crippen LogP contribution in [-0.4, -0.2) is 64.8 Å². The number of piperidine rings is 1. The van der Waals surface area contributed by atoms with E-state index < -0.39 is 5.60 Å². The molecule has 0 aromatic carbocycles. The fourth-order valence-corrected chi connectivity index (χ4v) is 5.25. The van der Waals surface area contributed by atoms with E-state index in [-0.39, 0.29) is 5.91 Å². The SMILES string of the molecule is C/C(=C(\C=NCC1CCN(c2ccccn2)CC1)C(=O)N1CCC(O)(c2cccnc2)C1)C1CC1. The van der Waals surface area contributed by atoms with Crippen molar-refractivity contribution in [1.29, 1.82) is 0 Å². The van der Waals surface area contributed by atoms with Crippen LogP contribution in [0.4, 0.5) is 5.82 Å². The number of aliphatic hydroxyl groups is 1. The lowest BCUT2D eigenvalue weighted by atomic mass is 9.95. The molecule has 0 bridgehead atoms. The Balaban J connectivity index is 1.21. The fourth-order valence-electron chi connectivity index (χ4n) is 5.25. The van der Waals surface area contributed by atoms with Crippen LogP contribution < -0.4 is 4.90 Å². The van der Waals surface area contributed by atoms with E-state index >= 15 is 0 Å². The van der Waals surface area contributed by atoms with Crippen LogP contribution in [-0.2, 0) is 10.4 Å². The fraction of sp³-hybridized carbons (Fsp3) is 0.500. The molecule has 0 spiro atoms. The van der Waals surface area contributed by atoms with Crippen molar-refractivity contribution in [3.8, 4) is 0 Å². The summed E-state index contributed by atoms with van der Waals surface area (Å²) in [5.74, 6) is 2.04. The molecule has 1 N–H and O–H groups in total. The van der Waals surface area contributed by atoms with Crippen LogP contribution in [0.15, 0.2) is 65.1 Å². The highest BCUT2D eigenvalue weighted by molar-refractivity contribution is 6.13. The highest BCUT2D eigenvalue weighted by Crippen LogP contribution is 2.39. The molecule has 1 aliphatic carbocycles. The third-order valence-corrected chi connectivity index (χ3v) is 7.75. The second-order valence-corrected chi connectivity index (χ2v) is 10.2. The maximum Gasteiger partial charge on any atom is 0.255 e. The van der Waals surface area contributed by atoms with Gasteiger partial charge >= 0.3 is 0 Å². The Bertz CT molecular complexity index is 1080. The van der Waals surface area contributed by atoms with Crippen LogP contribution in [0.3, 0.4) is 0 Å². The zero-order chi connectivity index (χ0) is 24.3. The van der Waals surface area contributed by atoms with Gasteiger partial charge in [-0.25, -0.2) is 4.98 Å². The van der Waals surface area contributed by atoms with Crippen LogP contribution in [0.1, 0.15) is 44.6 Å². The van der Waals surface area contributed by atoms with E-state index in [4.69, 9.17) is 4.99 Å². The summed E-state index contributed by atoms with van der Waals surface area (Å²) in [7, 11) is 0. The first-order chi connectivity index (χ1) is 17.0. The first-order valence-corrected chi connectivity index (χ1v) is 12.8. The molecule has 2 aromatic rings. The third kappa shape index (κ3) is 5.45. The molecule has 184 valence electrons. The molecule has 3 fully saturated rings. The Kier molecular flexibility index (Phi) is 6.95. The minimum absolute atomic E-state index is 0.0112. The standard InChI is InChI=1S/C28H35N5O2/c1-21(23-7-8-23)25(27(34)33-16-11-28(35,20-33)24-5-4-12-29-18-24)19-30-17-22-9-14-32(15-10-22)26-6-2-3-13-31-26/h2-6,12-13,18-19,22-23,35H,7-11,14-17,20H2,1H3/b25-21-,30-19?. The molecular weight excluding hydrogens is 438 g/mol. The molecule has 3 aliphatic rings. The predicted molar refractivity (Wildman–Crippen MR) is 137 cm³/mol. The molecule has 1 atom stereocenters. The topological polar surface area (TPSA) is 81.9 Å². The molecule has 4 heterocycles. The summed E-state index contributed by atoms with van der Waals surface area (Å²) in [5.41, 5.74) is 1.58. The molecule has 2 saturated heterocycles. The molecule has 35 heavy (non-hydrogen) atoms. The number of anilines is 1. The van der Waals surface area contributed by atoms with E-state index in [0.29, 0.717) is 36.9 Å². The van der Waals surface area contributed by atoms with Crippen molar-refractivity contribution in [2.24, 2.45) is 16.8 Å². The number of aromatic nitrogens is 2. The van der Waals surface area contributed by atoms with Gasteiger partial charge in [-0.05, 0) is 69.1 Å².